The molecule has 414 valence electrons. The van der Waals surface area contributed by atoms with Crippen molar-refractivity contribution in [2.45, 2.75) is 367 Å². The van der Waals surface area contributed by atoms with Gasteiger partial charge in [-0.25, -0.2) is 0 Å². The molecule has 0 radical (unpaired) electrons. The largest absolute Gasteiger partial charge is 0.462 e. The third-order valence-electron chi connectivity index (χ3n) is 14.5. The molecule has 70 heavy (non-hydrogen) atoms. The van der Waals surface area contributed by atoms with Gasteiger partial charge in [0.1, 0.15) is 13.2 Å². The molecule has 0 N–H and O–H groups in total. The summed E-state index contributed by atoms with van der Waals surface area (Å²) >= 11 is 0. The zero-order valence-corrected chi connectivity index (χ0v) is 47.6. The van der Waals surface area contributed by atoms with Gasteiger partial charge in [-0.3, -0.25) is 14.4 Å². The molecule has 0 fully saturated rings. The summed E-state index contributed by atoms with van der Waals surface area (Å²) in [6.45, 7) is 6.70. The average molecular weight is 988 g/mol. The monoisotopic (exact) mass is 987 g/mol. The maximum Gasteiger partial charge on any atom is 0.306 e. The van der Waals surface area contributed by atoms with Crippen LogP contribution in [-0.4, -0.2) is 37.2 Å². The van der Waals surface area contributed by atoms with Gasteiger partial charge in [0.05, 0.1) is 0 Å². The summed E-state index contributed by atoms with van der Waals surface area (Å²) in [5.74, 6) is -0.843. The van der Waals surface area contributed by atoms with E-state index in [1.54, 1.807) is 0 Å². The van der Waals surface area contributed by atoms with Crippen LogP contribution in [0.2, 0.25) is 0 Å². The number of carbonyl (C=O) groups excluding carboxylic acids is 3. The Kier molecular flexibility index (Phi) is 58.1. The number of carbonyl (C=O) groups is 3. The summed E-state index contributed by atoms with van der Waals surface area (Å²) in [4.78, 5) is 38.2. The summed E-state index contributed by atoms with van der Waals surface area (Å²) in [7, 11) is 0. The molecule has 0 bridgehead atoms. The molecule has 0 aromatic heterocycles. The van der Waals surface area contributed by atoms with Crippen LogP contribution in [0.15, 0.2) is 12.2 Å². The Hall–Kier alpha value is -1.85. The Morgan fingerprint density at radius 1 is 0.271 bits per heavy atom. The summed E-state index contributed by atoms with van der Waals surface area (Å²) < 4.78 is 16.9. The van der Waals surface area contributed by atoms with E-state index in [4.69, 9.17) is 14.2 Å². The first-order chi connectivity index (χ1) is 34.5. The van der Waals surface area contributed by atoms with Gasteiger partial charge in [0, 0.05) is 19.3 Å². The second-order valence-electron chi connectivity index (χ2n) is 21.7. The molecule has 1 atom stereocenters. The van der Waals surface area contributed by atoms with Crippen LogP contribution in [0, 0.1) is 0 Å². The third-order valence-corrected chi connectivity index (χ3v) is 14.5. The van der Waals surface area contributed by atoms with Gasteiger partial charge in [0.25, 0.3) is 0 Å². The van der Waals surface area contributed by atoms with Crippen molar-refractivity contribution in [1.82, 2.24) is 0 Å². The predicted molar refractivity (Wildman–Crippen MR) is 303 cm³/mol. The summed E-state index contributed by atoms with van der Waals surface area (Å²) in [6.07, 6.45) is 69.4. The molecule has 0 spiro atoms. The van der Waals surface area contributed by atoms with Crippen LogP contribution in [0.4, 0.5) is 0 Å². The molecule has 1 unspecified atom stereocenters. The highest BCUT2D eigenvalue weighted by atomic mass is 16.6. The van der Waals surface area contributed by atoms with E-state index in [0.717, 1.165) is 57.8 Å². The topological polar surface area (TPSA) is 78.9 Å². The standard InChI is InChI=1S/C64H122O6/c1-4-7-10-13-16-19-22-24-26-28-30-31-32-33-34-36-37-39-42-45-48-51-54-57-63(66)69-60-61(59-68-62(65)56-53-50-47-44-41-21-18-15-12-9-6-3)70-64(67)58-55-52-49-46-43-40-38-35-29-27-25-23-20-17-14-11-8-5-2/h27,29,61H,4-26,28,30-60H2,1-3H3/b29-27-. The van der Waals surface area contributed by atoms with E-state index < -0.39 is 6.10 Å². The Labute approximate surface area is 437 Å². The van der Waals surface area contributed by atoms with Gasteiger partial charge in [-0.15, -0.1) is 0 Å². The lowest BCUT2D eigenvalue weighted by Gasteiger charge is -2.18. The van der Waals surface area contributed by atoms with E-state index in [-0.39, 0.29) is 31.1 Å². The number of hydrogen-bond acceptors (Lipinski definition) is 6. The number of hydrogen-bond donors (Lipinski definition) is 0. The quantitative estimate of drug-likeness (QED) is 0.0261. The zero-order chi connectivity index (χ0) is 50.7. The normalized spacial score (nSPS) is 12.0. The summed E-state index contributed by atoms with van der Waals surface area (Å²) in [6, 6.07) is 0. The molecule has 0 saturated heterocycles. The molecule has 0 aliphatic rings. The molecule has 0 aliphatic carbocycles. The molecule has 6 nitrogen and oxygen atoms in total. The van der Waals surface area contributed by atoms with E-state index in [1.807, 2.05) is 0 Å². The fraction of sp³-hybridized carbons (Fsp3) is 0.922. The fourth-order valence-electron chi connectivity index (χ4n) is 9.74. The van der Waals surface area contributed by atoms with Gasteiger partial charge in [-0.2, -0.15) is 0 Å². The molecular weight excluding hydrogens is 865 g/mol. The maximum atomic E-state index is 12.9. The second kappa shape index (κ2) is 59.7. The van der Waals surface area contributed by atoms with Crippen LogP contribution < -0.4 is 0 Å². The van der Waals surface area contributed by atoms with Gasteiger partial charge in [-0.05, 0) is 44.9 Å². The van der Waals surface area contributed by atoms with Crippen LogP contribution in [0.25, 0.3) is 0 Å². The van der Waals surface area contributed by atoms with Gasteiger partial charge >= 0.3 is 17.9 Å². The first-order valence-electron chi connectivity index (χ1n) is 31.7. The van der Waals surface area contributed by atoms with Crippen LogP contribution >= 0.6 is 0 Å². The minimum Gasteiger partial charge on any atom is -0.462 e. The summed E-state index contributed by atoms with van der Waals surface area (Å²) in [5, 5.41) is 0. The van der Waals surface area contributed by atoms with E-state index in [0.29, 0.717) is 19.3 Å². The van der Waals surface area contributed by atoms with Crippen LogP contribution in [-0.2, 0) is 28.6 Å². The first kappa shape index (κ1) is 68.2. The highest BCUT2D eigenvalue weighted by molar-refractivity contribution is 5.71. The van der Waals surface area contributed by atoms with Crippen molar-refractivity contribution in [3.05, 3.63) is 12.2 Å². The van der Waals surface area contributed by atoms with E-state index in [2.05, 4.69) is 32.9 Å². The van der Waals surface area contributed by atoms with Crippen LogP contribution in [0.3, 0.4) is 0 Å². The van der Waals surface area contributed by atoms with E-state index in [1.165, 1.54) is 263 Å². The second-order valence-corrected chi connectivity index (χ2v) is 21.7. The molecule has 0 heterocycles. The van der Waals surface area contributed by atoms with Gasteiger partial charge in [0.15, 0.2) is 6.10 Å². The molecule has 0 rings (SSSR count). The highest BCUT2D eigenvalue weighted by Gasteiger charge is 2.19. The van der Waals surface area contributed by atoms with Crippen molar-refractivity contribution in [2.75, 3.05) is 13.2 Å². The lowest BCUT2D eigenvalue weighted by atomic mass is 10.0. The molecule has 6 heteroatoms. The van der Waals surface area contributed by atoms with Crippen molar-refractivity contribution in [3.63, 3.8) is 0 Å². The molecule has 0 saturated carbocycles. The Balaban J connectivity index is 4.21. The number of allylic oxidation sites excluding steroid dienone is 2. The van der Waals surface area contributed by atoms with Crippen molar-refractivity contribution < 1.29 is 28.6 Å². The summed E-state index contributed by atoms with van der Waals surface area (Å²) in [5.41, 5.74) is 0. The number of rotatable bonds is 59. The van der Waals surface area contributed by atoms with Crippen molar-refractivity contribution in [3.8, 4) is 0 Å². The number of esters is 3. The van der Waals surface area contributed by atoms with Crippen molar-refractivity contribution in [2.24, 2.45) is 0 Å². The average Bonchev–Trinajstić information content (AvgIpc) is 3.36. The number of ether oxygens (including phenoxy) is 3. The smallest absolute Gasteiger partial charge is 0.306 e. The molecule has 0 aliphatic heterocycles. The third kappa shape index (κ3) is 57.1. The SMILES string of the molecule is CCCCCCCCC/C=C\CCCCCCCCCC(=O)OC(COC(=O)CCCCCCCCCCCCC)COC(=O)CCCCCCCCCCCCCCCCCCCCCCCCC. The van der Waals surface area contributed by atoms with Gasteiger partial charge in [-0.1, -0.05) is 309 Å². The highest BCUT2D eigenvalue weighted by Crippen LogP contribution is 2.18. The van der Waals surface area contributed by atoms with E-state index in [9.17, 15) is 14.4 Å². The van der Waals surface area contributed by atoms with Gasteiger partial charge < -0.3 is 14.2 Å². The maximum absolute atomic E-state index is 12.9. The van der Waals surface area contributed by atoms with Crippen molar-refractivity contribution in [1.29, 1.82) is 0 Å². The first-order valence-corrected chi connectivity index (χ1v) is 31.7. The zero-order valence-electron chi connectivity index (χ0n) is 47.6. The van der Waals surface area contributed by atoms with Crippen molar-refractivity contribution >= 4 is 17.9 Å². The molecule has 0 aromatic rings. The fourth-order valence-corrected chi connectivity index (χ4v) is 9.74. The van der Waals surface area contributed by atoms with Gasteiger partial charge in [0.2, 0.25) is 0 Å². The predicted octanol–water partition coefficient (Wildman–Crippen LogP) is 21.3. The van der Waals surface area contributed by atoms with Crippen LogP contribution in [0.1, 0.15) is 361 Å². The molecule has 0 amide bonds. The van der Waals surface area contributed by atoms with Crippen LogP contribution in [0.5, 0.6) is 0 Å². The lowest BCUT2D eigenvalue weighted by Crippen LogP contribution is -2.30. The lowest BCUT2D eigenvalue weighted by molar-refractivity contribution is -0.167. The molecular formula is C64H122O6. The molecule has 0 aromatic carbocycles. The minimum absolute atomic E-state index is 0.0655. The Bertz CT molecular complexity index is 1090. The Morgan fingerprint density at radius 3 is 0.714 bits per heavy atom. The number of unbranched alkanes of at least 4 members (excludes halogenated alkanes) is 46. The van der Waals surface area contributed by atoms with E-state index >= 15 is 0 Å². The minimum atomic E-state index is -0.767. The Morgan fingerprint density at radius 2 is 0.471 bits per heavy atom.